The van der Waals surface area contributed by atoms with Crippen molar-refractivity contribution in [2.75, 3.05) is 19.6 Å². The van der Waals surface area contributed by atoms with E-state index >= 15 is 0 Å². The van der Waals surface area contributed by atoms with Crippen LogP contribution in [-0.2, 0) is 4.79 Å². The molecule has 6 heteroatoms. The molecule has 3 nitrogen and oxygen atoms in total. The largest absolute Gasteiger partial charge is 0.390 e. The number of carbonyl (C=O) groups excluding carboxylic acids is 1. The van der Waals surface area contributed by atoms with Crippen LogP contribution in [0.5, 0.6) is 0 Å². The maximum atomic E-state index is 12.0. The second-order valence-corrected chi connectivity index (χ2v) is 5.39. The molecule has 1 aliphatic heterocycles. The van der Waals surface area contributed by atoms with Crippen LogP contribution in [0.1, 0.15) is 33.1 Å². The third-order valence-corrected chi connectivity index (χ3v) is 3.60. The van der Waals surface area contributed by atoms with E-state index in [-0.39, 0.29) is 18.4 Å². The summed E-state index contributed by atoms with van der Waals surface area (Å²) in [5.74, 6) is -0.113. The minimum absolute atomic E-state index is 0.178. The molecule has 1 fully saturated rings. The van der Waals surface area contributed by atoms with Gasteiger partial charge in [0, 0.05) is 12.0 Å². The summed E-state index contributed by atoms with van der Waals surface area (Å²) in [5, 5.41) is 5.61. The number of halogens is 3. The van der Waals surface area contributed by atoms with Gasteiger partial charge in [-0.25, -0.2) is 0 Å². The summed E-state index contributed by atoms with van der Waals surface area (Å²) < 4.78 is 36.0. The average Bonchev–Trinajstić information content (AvgIpc) is 2.28. The molecule has 0 spiro atoms. The summed E-state index contributed by atoms with van der Waals surface area (Å²) in [6.07, 6.45) is -3.25. The molecule has 0 aromatic carbocycles. The average molecular weight is 266 g/mol. The Labute approximate surface area is 106 Å². The molecule has 0 radical (unpaired) electrons. The molecule has 0 aliphatic carbocycles. The second-order valence-electron chi connectivity index (χ2n) is 5.39. The smallest absolute Gasteiger partial charge is 0.355 e. The monoisotopic (exact) mass is 266 g/mol. The molecular formula is C12H21F3N2O. The molecule has 1 saturated heterocycles. The Morgan fingerprint density at radius 3 is 2.56 bits per heavy atom. The van der Waals surface area contributed by atoms with E-state index in [1.54, 1.807) is 13.8 Å². The molecule has 0 bridgehead atoms. The van der Waals surface area contributed by atoms with Crippen LogP contribution in [0.2, 0.25) is 0 Å². The molecule has 0 aromatic heterocycles. The van der Waals surface area contributed by atoms with Crippen molar-refractivity contribution in [3.63, 3.8) is 0 Å². The van der Waals surface area contributed by atoms with E-state index in [1.165, 1.54) is 0 Å². The summed E-state index contributed by atoms with van der Waals surface area (Å²) in [7, 11) is 0. The van der Waals surface area contributed by atoms with E-state index in [0.717, 1.165) is 25.9 Å². The third kappa shape index (κ3) is 4.48. The first-order chi connectivity index (χ1) is 8.23. The second kappa shape index (κ2) is 5.91. The van der Waals surface area contributed by atoms with Crippen molar-refractivity contribution in [1.82, 2.24) is 10.6 Å². The zero-order valence-electron chi connectivity index (χ0n) is 10.9. The van der Waals surface area contributed by atoms with Gasteiger partial charge in [0.1, 0.15) is 0 Å². The van der Waals surface area contributed by atoms with Crippen LogP contribution in [0.25, 0.3) is 0 Å². The normalized spacial score (nSPS) is 21.7. The Hall–Kier alpha value is -0.780. The van der Waals surface area contributed by atoms with Crippen LogP contribution in [-0.4, -0.2) is 31.7 Å². The van der Waals surface area contributed by atoms with Crippen molar-refractivity contribution in [3.05, 3.63) is 0 Å². The Bertz CT molecular complexity index is 284. The number of nitrogens with one attached hydrogen (secondary N) is 2. The summed E-state index contributed by atoms with van der Waals surface area (Å²) in [6, 6.07) is 0. The molecule has 106 valence electrons. The molecule has 1 heterocycles. The van der Waals surface area contributed by atoms with E-state index in [0.29, 0.717) is 0 Å². The third-order valence-electron chi connectivity index (χ3n) is 3.60. The molecule has 18 heavy (non-hydrogen) atoms. The van der Waals surface area contributed by atoms with Crippen LogP contribution in [0.15, 0.2) is 0 Å². The van der Waals surface area contributed by atoms with Gasteiger partial charge in [0.2, 0.25) is 5.91 Å². The first kappa shape index (κ1) is 15.3. The fourth-order valence-corrected chi connectivity index (χ4v) is 2.20. The standard InChI is InChI=1S/C12H21F3N2O/c1-11(2,9-4-3-6-16-8-9)10(18)17-7-5-12(13,14)15/h9,16H,3-8H2,1-2H3,(H,17,18). The summed E-state index contributed by atoms with van der Waals surface area (Å²) >= 11 is 0. The molecule has 0 saturated carbocycles. The van der Waals surface area contributed by atoms with Crippen molar-refractivity contribution in [2.45, 2.75) is 39.3 Å². The van der Waals surface area contributed by atoms with Gasteiger partial charge in [-0.1, -0.05) is 13.8 Å². The molecule has 1 unspecified atom stereocenters. The lowest BCUT2D eigenvalue weighted by Gasteiger charge is -2.36. The van der Waals surface area contributed by atoms with E-state index in [1.807, 2.05) is 0 Å². The Morgan fingerprint density at radius 1 is 1.39 bits per heavy atom. The van der Waals surface area contributed by atoms with Crippen molar-refractivity contribution in [3.8, 4) is 0 Å². The lowest BCUT2D eigenvalue weighted by molar-refractivity contribution is -0.139. The van der Waals surface area contributed by atoms with E-state index in [4.69, 9.17) is 0 Å². The highest BCUT2D eigenvalue weighted by atomic mass is 19.4. The number of rotatable bonds is 4. The molecule has 1 atom stereocenters. The Kier molecular flexibility index (Phi) is 5.01. The topological polar surface area (TPSA) is 41.1 Å². The molecule has 1 amide bonds. The Balaban J connectivity index is 2.43. The van der Waals surface area contributed by atoms with Crippen molar-refractivity contribution >= 4 is 5.91 Å². The van der Waals surface area contributed by atoms with Gasteiger partial charge in [-0.3, -0.25) is 4.79 Å². The van der Waals surface area contributed by atoms with Crippen LogP contribution in [0.4, 0.5) is 13.2 Å². The zero-order chi connectivity index (χ0) is 13.8. The predicted octanol–water partition coefficient (Wildman–Crippen LogP) is 2.08. The fourth-order valence-electron chi connectivity index (χ4n) is 2.20. The minimum atomic E-state index is -4.22. The maximum Gasteiger partial charge on any atom is 0.390 e. The highest BCUT2D eigenvalue weighted by molar-refractivity contribution is 5.82. The van der Waals surface area contributed by atoms with Gasteiger partial charge in [0.15, 0.2) is 0 Å². The molecule has 1 rings (SSSR count). The van der Waals surface area contributed by atoms with Crippen molar-refractivity contribution in [2.24, 2.45) is 11.3 Å². The predicted molar refractivity (Wildman–Crippen MR) is 63.1 cm³/mol. The minimum Gasteiger partial charge on any atom is -0.355 e. The van der Waals surface area contributed by atoms with Gasteiger partial charge in [0.25, 0.3) is 0 Å². The quantitative estimate of drug-likeness (QED) is 0.818. The van der Waals surface area contributed by atoms with Crippen LogP contribution in [0, 0.1) is 11.3 Å². The zero-order valence-corrected chi connectivity index (χ0v) is 10.9. The highest BCUT2D eigenvalue weighted by Crippen LogP contribution is 2.32. The number of alkyl halides is 3. The molecule has 0 aromatic rings. The van der Waals surface area contributed by atoms with Gasteiger partial charge >= 0.3 is 6.18 Å². The SMILES string of the molecule is CC(C)(C(=O)NCCC(F)(F)F)C1CCCNC1. The summed E-state index contributed by atoms with van der Waals surface area (Å²) in [6.45, 7) is 4.95. The van der Waals surface area contributed by atoms with Gasteiger partial charge in [0.05, 0.1) is 6.42 Å². The highest BCUT2D eigenvalue weighted by Gasteiger charge is 2.37. The number of piperidine rings is 1. The number of hydrogen-bond donors (Lipinski definition) is 2. The van der Waals surface area contributed by atoms with Gasteiger partial charge in [-0.15, -0.1) is 0 Å². The van der Waals surface area contributed by atoms with E-state index in [2.05, 4.69) is 10.6 Å². The summed E-state index contributed by atoms with van der Waals surface area (Å²) in [5.41, 5.74) is -0.626. The summed E-state index contributed by atoms with van der Waals surface area (Å²) in [4.78, 5) is 11.9. The van der Waals surface area contributed by atoms with Crippen molar-refractivity contribution < 1.29 is 18.0 Å². The maximum absolute atomic E-state index is 12.0. The molecule has 2 N–H and O–H groups in total. The van der Waals surface area contributed by atoms with Gasteiger partial charge in [-0.05, 0) is 31.8 Å². The fraction of sp³-hybridized carbons (Fsp3) is 0.917. The lowest BCUT2D eigenvalue weighted by atomic mass is 9.74. The first-order valence-corrected chi connectivity index (χ1v) is 6.29. The van der Waals surface area contributed by atoms with E-state index in [9.17, 15) is 18.0 Å². The van der Waals surface area contributed by atoms with Crippen molar-refractivity contribution in [1.29, 1.82) is 0 Å². The van der Waals surface area contributed by atoms with Crippen LogP contribution >= 0.6 is 0 Å². The van der Waals surface area contributed by atoms with Crippen LogP contribution < -0.4 is 10.6 Å². The molecule has 1 aliphatic rings. The number of carbonyl (C=O) groups is 1. The van der Waals surface area contributed by atoms with E-state index < -0.39 is 18.0 Å². The van der Waals surface area contributed by atoms with Crippen LogP contribution in [0.3, 0.4) is 0 Å². The lowest BCUT2D eigenvalue weighted by Crippen LogP contribution is -2.47. The Morgan fingerprint density at radius 2 is 2.06 bits per heavy atom. The first-order valence-electron chi connectivity index (χ1n) is 6.29. The number of amides is 1. The van der Waals surface area contributed by atoms with Gasteiger partial charge in [-0.2, -0.15) is 13.2 Å². The number of hydrogen-bond acceptors (Lipinski definition) is 2. The van der Waals surface area contributed by atoms with Gasteiger partial charge < -0.3 is 10.6 Å². The molecular weight excluding hydrogens is 245 g/mol.